The van der Waals surface area contributed by atoms with E-state index in [0.29, 0.717) is 43.1 Å². The Bertz CT molecular complexity index is 1130. The molecule has 0 atom stereocenters. The summed E-state index contributed by atoms with van der Waals surface area (Å²) in [5.41, 5.74) is 1.12. The lowest BCUT2D eigenvalue weighted by atomic mass is 9.97. The highest BCUT2D eigenvalue weighted by molar-refractivity contribution is 7.99. The summed E-state index contributed by atoms with van der Waals surface area (Å²) in [4.78, 5) is 32.8. The average Bonchev–Trinajstić information content (AvgIpc) is 3.44. The molecule has 4 rings (SSSR count). The molecule has 0 radical (unpaired) electrons. The van der Waals surface area contributed by atoms with E-state index >= 15 is 0 Å². The van der Waals surface area contributed by atoms with Crippen molar-refractivity contribution in [3.8, 4) is 0 Å². The molecule has 0 saturated heterocycles. The number of hydrogen-bond donors (Lipinski definition) is 1. The summed E-state index contributed by atoms with van der Waals surface area (Å²) in [6.07, 6.45) is 6.82. The maximum absolute atomic E-state index is 13.5. The number of aryl methyl sites for hydroxylation is 2. The average molecular weight is 490 g/mol. The number of fused-ring (bicyclic) bond motifs is 3. The van der Waals surface area contributed by atoms with Crippen molar-refractivity contribution in [3.63, 3.8) is 0 Å². The van der Waals surface area contributed by atoms with Gasteiger partial charge in [-0.25, -0.2) is 4.98 Å². The standard InChI is InChI=1S/C24H31N3O4S2/c1-16(2)9-12-30-13-10-25-20(28)15-32-24-26-22-21(18-7-3-4-8-19(18)33-22)23(29)27(24)14-17-6-5-11-31-17/h5-6,11,16H,3-4,7-10,12-15H2,1-2H3,(H,25,28). The summed E-state index contributed by atoms with van der Waals surface area (Å²) < 4.78 is 12.7. The van der Waals surface area contributed by atoms with Crippen molar-refractivity contribution in [2.75, 3.05) is 25.5 Å². The molecule has 0 unspecified atom stereocenters. The number of thiophene rings is 1. The lowest BCUT2D eigenvalue weighted by Gasteiger charge is -2.13. The van der Waals surface area contributed by atoms with E-state index in [0.717, 1.165) is 42.3 Å². The monoisotopic (exact) mass is 489 g/mol. The maximum atomic E-state index is 13.5. The second-order valence-corrected chi connectivity index (χ2v) is 10.7. The first-order valence-electron chi connectivity index (χ1n) is 11.6. The highest BCUT2D eigenvalue weighted by Gasteiger charge is 2.23. The van der Waals surface area contributed by atoms with Crippen LogP contribution in [0.2, 0.25) is 0 Å². The summed E-state index contributed by atoms with van der Waals surface area (Å²) in [7, 11) is 0. The lowest BCUT2D eigenvalue weighted by molar-refractivity contribution is -0.118. The molecule has 0 aliphatic heterocycles. The third kappa shape index (κ3) is 6.07. The number of carbonyl (C=O) groups excluding carboxylic acids is 1. The van der Waals surface area contributed by atoms with Crippen molar-refractivity contribution in [2.24, 2.45) is 5.92 Å². The van der Waals surface area contributed by atoms with Crippen LogP contribution in [0.4, 0.5) is 0 Å². The summed E-state index contributed by atoms with van der Waals surface area (Å²) in [5, 5.41) is 4.17. The molecule has 1 aliphatic carbocycles. The van der Waals surface area contributed by atoms with Crippen molar-refractivity contribution in [1.29, 1.82) is 0 Å². The number of aromatic nitrogens is 2. The zero-order valence-corrected chi connectivity index (χ0v) is 20.9. The number of carbonyl (C=O) groups is 1. The number of amides is 1. The van der Waals surface area contributed by atoms with E-state index in [9.17, 15) is 9.59 Å². The molecule has 3 aromatic heterocycles. The number of hydrogen-bond acceptors (Lipinski definition) is 7. The Hall–Kier alpha value is -2.10. The fraction of sp³-hybridized carbons (Fsp3) is 0.542. The van der Waals surface area contributed by atoms with Gasteiger partial charge in [0.2, 0.25) is 5.91 Å². The predicted molar refractivity (Wildman–Crippen MR) is 132 cm³/mol. The molecule has 33 heavy (non-hydrogen) atoms. The first-order valence-corrected chi connectivity index (χ1v) is 13.4. The molecule has 0 bridgehead atoms. The molecule has 3 heterocycles. The smallest absolute Gasteiger partial charge is 0.263 e. The van der Waals surface area contributed by atoms with Gasteiger partial charge in [-0.1, -0.05) is 25.6 Å². The Balaban J connectivity index is 1.46. The van der Waals surface area contributed by atoms with Gasteiger partial charge in [0.1, 0.15) is 10.6 Å². The minimum absolute atomic E-state index is 0.0442. The minimum atomic E-state index is -0.100. The van der Waals surface area contributed by atoms with Gasteiger partial charge in [0.25, 0.3) is 5.56 Å². The molecule has 3 aromatic rings. The third-order valence-electron chi connectivity index (χ3n) is 5.67. The largest absolute Gasteiger partial charge is 0.467 e. The Labute approximate surface area is 201 Å². The van der Waals surface area contributed by atoms with Gasteiger partial charge in [-0.15, -0.1) is 11.3 Å². The summed E-state index contributed by atoms with van der Waals surface area (Å²) in [6.45, 7) is 6.29. The van der Waals surface area contributed by atoms with Gasteiger partial charge < -0.3 is 14.5 Å². The van der Waals surface area contributed by atoms with Crippen LogP contribution in [0, 0.1) is 5.92 Å². The van der Waals surface area contributed by atoms with E-state index in [-0.39, 0.29) is 17.2 Å². The Morgan fingerprint density at radius 2 is 2.18 bits per heavy atom. The van der Waals surface area contributed by atoms with Crippen LogP contribution < -0.4 is 10.9 Å². The first-order chi connectivity index (χ1) is 16.0. The van der Waals surface area contributed by atoms with Crippen molar-refractivity contribution < 1.29 is 13.9 Å². The van der Waals surface area contributed by atoms with Gasteiger partial charge in [0.05, 0.1) is 30.6 Å². The maximum Gasteiger partial charge on any atom is 0.263 e. The van der Waals surface area contributed by atoms with E-state index in [2.05, 4.69) is 19.2 Å². The highest BCUT2D eigenvalue weighted by atomic mass is 32.2. The van der Waals surface area contributed by atoms with E-state index in [4.69, 9.17) is 14.1 Å². The van der Waals surface area contributed by atoms with Crippen LogP contribution in [0.5, 0.6) is 0 Å². The fourth-order valence-electron chi connectivity index (χ4n) is 3.89. The van der Waals surface area contributed by atoms with Gasteiger partial charge >= 0.3 is 0 Å². The number of furan rings is 1. The number of nitrogens with one attached hydrogen (secondary N) is 1. The normalized spacial score (nSPS) is 13.5. The van der Waals surface area contributed by atoms with E-state index in [1.807, 2.05) is 12.1 Å². The Kier molecular flexibility index (Phi) is 8.27. The number of ether oxygens (including phenoxy) is 1. The molecule has 1 aliphatic rings. The van der Waals surface area contributed by atoms with Crippen molar-refractivity contribution in [2.45, 2.75) is 57.7 Å². The first kappa shape index (κ1) is 24.0. The van der Waals surface area contributed by atoms with E-state index in [1.54, 1.807) is 22.2 Å². The zero-order chi connectivity index (χ0) is 23.2. The molecule has 0 fully saturated rings. The van der Waals surface area contributed by atoms with Crippen LogP contribution in [0.3, 0.4) is 0 Å². The molecular weight excluding hydrogens is 458 g/mol. The molecule has 9 heteroatoms. The van der Waals surface area contributed by atoms with Crippen molar-refractivity contribution >= 4 is 39.2 Å². The number of rotatable bonds is 11. The summed E-state index contributed by atoms with van der Waals surface area (Å²) >= 11 is 2.91. The molecule has 7 nitrogen and oxygen atoms in total. The van der Waals surface area contributed by atoms with Gasteiger partial charge in [-0.3, -0.25) is 14.2 Å². The summed E-state index contributed by atoms with van der Waals surface area (Å²) in [5.74, 6) is 1.38. The highest BCUT2D eigenvalue weighted by Crippen LogP contribution is 2.34. The molecule has 0 aromatic carbocycles. The zero-order valence-electron chi connectivity index (χ0n) is 19.2. The van der Waals surface area contributed by atoms with E-state index in [1.165, 1.54) is 22.2 Å². The summed E-state index contributed by atoms with van der Waals surface area (Å²) in [6, 6.07) is 3.66. The molecular formula is C24H31N3O4S2. The van der Waals surface area contributed by atoms with Crippen LogP contribution in [-0.2, 0) is 28.9 Å². The topological polar surface area (TPSA) is 86.4 Å². The molecule has 0 spiro atoms. The molecule has 178 valence electrons. The van der Waals surface area contributed by atoms with Gasteiger partial charge in [-0.2, -0.15) is 0 Å². The fourth-order valence-corrected chi connectivity index (χ4v) is 6.02. The molecule has 1 N–H and O–H groups in total. The third-order valence-corrected chi connectivity index (χ3v) is 7.84. The quantitative estimate of drug-likeness (QED) is 0.246. The number of thioether (sulfide) groups is 1. The van der Waals surface area contributed by atoms with Crippen molar-refractivity contribution in [1.82, 2.24) is 14.9 Å². The van der Waals surface area contributed by atoms with Crippen LogP contribution in [0.1, 0.15) is 49.3 Å². The lowest BCUT2D eigenvalue weighted by Crippen LogP contribution is -2.30. The van der Waals surface area contributed by atoms with Gasteiger partial charge in [0.15, 0.2) is 5.16 Å². The minimum Gasteiger partial charge on any atom is -0.467 e. The van der Waals surface area contributed by atoms with Gasteiger partial charge in [0, 0.05) is 18.0 Å². The molecule has 1 amide bonds. The Morgan fingerprint density at radius 3 is 2.97 bits per heavy atom. The van der Waals surface area contributed by atoms with Crippen LogP contribution in [0.15, 0.2) is 32.8 Å². The van der Waals surface area contributed by atoms with Crippen LogP contribution >= 0.6 is 23.1 Å². The predicted octanol–water partition coefficient (Wildman–Crippen LogP) is 4.25. The van der Waals surface area contributed by atoms with Crippen LogP contribution in [0.25, 0.3) is 10.2 Å². The number of nitrogens with zero attached hydrogens (tertiary/aromatic N) is 2. The van der Waals surface area contributed by atoms with Crippen molar-refractivity contribution in [3.05, 3.63) is 45.0 Å². The van der Waals surface area contributed by atoms with Crippen LogP contribution in [-0.4, -0.2) is 41.0 Å². The Morgan fingerprint density at radius 1 is 1.33 bits per heavy atom. The molecule has 0 saturated carbocycles. The second kappa shape index (κ2) is 11.4. The SMILES string of the molecule is CC(C)CCOCCNC(=O)CSc1nc2sc3c(c2c(=O)n1Cc1ccco1)CCCC3. The van der Waals surface area contributed by atoms with Gasteiger partial charge in [-0.05, 0) is 55.7 Å². The second-order valence-electron chi connectivity index (χ2n) is 8.69. The van der Waals surface area contributed by atoms with E-state index < -0.39 is 0 Å².